The largest absolute Gasteiger partial charge is 0.748 e. The Morgan fingerprint density at radius 3 is 2.67 bits per heavy atom. The third-order valence-corrected chi connectivity index (χ3v) is 10.5. The van der Waals surface area contributed by atoms with Gasteiger partial charge in [-0.05, 0) is 51.8 Å². The van der Waals surface area contributed by atoms with Crippen LogP contribution in [-0.2, 0) is 23.2 Å². The number of fused-ring (bicyclic) bond motifs is 1. The number of rotatable bonds is 9. The van der Waals surface area contributed by atoms with Crippen molar-refractivity contribution < 1.29 is 17.5 Å². The van der Waals surface area contributed by atoms with Gasteiger partial charge < -0.3 is 9.45 Å². The van der Waals surface area contributed by atoms with E-state index in [0.717, 1.165) is 27.0 Å². The van der Waals surface area contributed by atoms with E-state index in [0.29, 0.717) is 36.5 Å². The van der Waals surface area contributed by atoms with Gasteiger partial charge in [0, 0.05) is 36.7 Å². The van der Waals surface area contributed by atoms with Crippen molar-refractivity contribution >= 4 is 66.9 Å². The molecule has 0 bridgehead atoms. The zero-order chi connectivity index (χ0) is 25.9. The van der Waals surface area contributed by atoms with Gasteiger partial charge in [0.25, 0.3) is 10.6 Å². The number of nitrogens with zero attached hydrogens (tertiary/aromatic N) is 3. The summed E-state index contributed by atoms with van der Waals surface area (Å²) in [5, 5.41) is 2.20. The molecular weight excluding hydrogens is 535 g/mol. The van der Waals surface area contributed by atoms with Crippen LogP contribution in [0.2, 0.25) is 0 Å². The Morgan fingerprint density at radius 1 is 1.17 bits per heavy atom. The Bertz CT molecular complexity index is 1550. The van der Waals surface area contributed by atoms with Crippen LogP contribution < -0.4 is 19.3 Å². The fourth-order valence-electron chi connectivity index (χ4n) is 4.33. The van der Waals surface area contributed by atoms with Crippen LogP contribution in [0.25, 0.3) is 22.4 Å². The summed E-state index contributed by atoms with van der Waals surface area (Å²) in [6.07, 6.45) is 7.03. The zero-order valence-electron chi connectivity index (χ0n) is 20.7. The molecule has 4 rings (SSSR count). The second-order valence-electron chi connectivity index (χ2n) is 8.64. The van der Waals surface area contributed by atoms with E-state index in [1.807, 2.05) is 29.7 Å². The highest BCUT2D eigenvalue weighted by molar-refractivity contribution is 8.03. The lowest BCUT2D eigenvalue weighted by Crippen LogP contribution is -2.35. The number of aryl methyl sites for hydroxylation is 1. The van der Waals surface area contributed by atoms with Gasteiger partial charge >= 0.3 is 0 Å². The topological polar surface area (TPSA) is 86.3 Å². The predicted octanol–water partition coefficient (Wildman–Crippen LogP) is 2.67. The van der Waals surface area contributed by atoms with Crippen molar-refractivity contribution in [3.05, 3.63) is 59.9 Å². The maximum absolute atomic E-state index is 13.2. The van der Waals surface area contributed by atoms with E-state index in [1.165, 1.54) is 21.6 Å². The van der Waals surface area contributed by atoms with Crippen molar-refractivity contribution in [2.75, 3.05) is 18.1 Å². The first-order valence-electron chi connectivity index (χ1n) is 12.1. The van der Waals surface area contributed by atoms with E-state index in [4.69, 9.17) is 0 Å². The number of aromatic nitrogens is 2. The van der Waals surface area contributed by atoms with E-state index >= 15 is 0 Å². The number of unbranched alkanes of at least 4 members (excludes halogenated alkanes) is 1. The normalized spacial score (nSPS) is 18.8. The van der Waals surface area contributed by atoms with Crippen molar-refractivity contribution in [1.29, 1.82) is 0 Å². The zero-order valence-corrected chi connectivity index (χ0v) is 23.9. The van der Waals surface area contributed by atoms with Crippen LogP contribution in [0.3, 0.4) is 0 Å². The van der Waals surface area contributed by atoms with Crippen molar-refractivity contribution in [3.8, 4) is 0 Å². The van der Waals surface area contributed by atoms with E-state index < -0.39 is 10.1 Å². The molecule has 0 radical (unpaired) electrons. The van der Waals surface area contributed by atoms with Crippen LogP contribution in [0.4, 0.5) is 0 Å². The SMILES string of the molecule is CCn1c(=Cc2sc3ccccc3[n+]2CC)sc(=CC=C2SCC(C)N2CCCCS(=O)(=O)[O-])c1=O. The Labute approximate surface area is 223 Å². The maximum atomic E-state index is 13.2. The lowest BCUT2D eigenvalue weighted by atomic mass is 10.2. The van der Waals surface area contributed by atoms with E-state index in [9.17, 15) is 17.8 Å². The van der Waals surface area contributed by atoms with Gasteiger partial charge in [-0.1, -0.05) is 23.5 Å². The predicted molar refractivity (Wildman–Crippen MR) is 150 cm³/mol. The summed E-state index contributed by atoms with van der Waals surface area (Å²) < 4.78 is 39.6. The lowest BCUT2D eigenvalue weighted by Gasteiger charge is -2.24. The third kappa shape index (κ3) is 6.13. The Hall–Kier alpha value is -1.92. The van der Waals surface area contributed by atoms with E-state index in [2.05, 4.69) is 47.6 Å². The summed E-state index contributed by atoms with van der Waals surface area (Å²) in [4.78, 5) is 15.4. The van der Waals surface area contributed by atoms with Crippen LogP contribution in [-0.4, -0.2) is 46.5 Å². The molecule has 0 saturated carbocycles. The van der Waals surface area contributed by atoms with Gasteiger partial charge in [0.2, 0.25) is 5.52 Å². The Balaban J connectivity index is 1.65. The molecule has 1 atom stereocenters. The number of thiazole rings is 2. The highest BCUT2D eigenvalue weighted by Crippen LogP contribution is 2.32. The molecule has 0 N–H and O–H groups in total. The van der Waals surface area contributed by atoms with Gasteiger partial charge in [0.15, 0.2) is 0 Å². The summed E-state index contributed by atoms with van der Waals surface area (Å²) in [5.41, 5.74) is 1.22. The first-order valence-corrected chi connectivity index (χ1v) is 16.3. The average molecular weight is 566 g/mol. The summed E-state index contributed by atoms with van der Waals surface area (Å²) in [5.74, 6) is 0.613. The van der Waals surface area contributed by atoms with Crippen molar-refractivity contribution in [2.24, 2.45) is 0 Å². The highest BCUT2D eigenvalue weighted by Gasteiger charge is 2.24. The first-order chi connectivity index (χ1) is 17.2. The van der Waals surface area contributed by atoms with Crippen molar-refractivity contribution in [3.63, 3.8) is 0 Å². The highest BCUT2D eigenvalue weighted by atomic mass is 32.2. The molecule has 3 heterocycles. The number of para-hydroxylation sites is 1. The number of hydrogen-bond acceptors (Lipinski definition) is 8. The standard InChI is InChI=1S/C25H31N3O4S4/c1-4-26-19-10-6-7-11-20(19)34-23(26)16-24-27(5-2)25(29)21(35-24)12-13-22-28(18(3)17-33-22)14-8-9-15-36(30,31)32/h6-7,10-13,16,18H,4-5,8-9,14-15,17H2,1-3H3. The molecule has 0 spiro atoms. The van der Waals surface area contributed by atoms with Gasteiger partial charge in [-0.3, -0.25) is 9.36 Å². The fraction of sp³-hybridized carbons (Fsp3) is 0.440. The van der Waals surface area contributed by atoms with Crippen LogP contribution in [0.15, 0.2) is 40.2 Å². The molecule has 1 aliphatic heterocycles. The molecule has 7 nitrogen and oxygen atoms in total. The minimum atomic E-state index is -4.17. The van der Waals surface area contributed by atoms with Gasteiger partial charge in [0.1, 0.15) is 15.9 Å². The molecule has 2 aromatic heterocycles. The van der Waals surface area contributed by atoms with Crippen molar-refractivity contribution in [2.45, 2.75) is 52.7 Å². The Kier molecular flexibility index (Phi) is 8.77. The molecule has 1 fully saturated rings. The average Bonchev–Trinajstić information content (AvgIpc) is 3.47. The third-order valence-electron chi connectivity index (χ3n) is 6.16. The van der Waals surface area contributed by atoms with Crippen LogP contribution in [0.5, 0.6) is 0 Å². The molecule has 1 aliphatic rings. The summed E-state index contributed by atoms with van der Waals surface area (Å²) in [6, 6.07) is 8.67. The molecular formula is C25H31N3O4S4. The number of thioether (sulfide) groups is 1. The number of benzene rings is 1. The number of hydrogen-bond donors (Lipinski definition) is 0. The van der Waals surface area contributed by atoms with Gasteiger partial charge in [-0.2, -0.15) is 4.57 Å². The molecule has 0 amide bonds. The summed E-state index contributed by atoms with van der Waals surface area (Å²) >= 11 is 4.97. The molecule has 0 aliphatic carbocycles. The quantitative estimate of drug-likeness (QED) is 0.225. The maximum Gasteiger partial charge on any atom is 0.269 e. The van der Waals surface area contributed by atoms with E-state index in [-0.39, 0.29) is 11.3 Å². The first kappa shape index (κ1) is 27.1. The van der Waals surface area contributed by atoms with Crippen LogP contribution >= 0.6 is 34.4 Å². The summed E-state index contributed by atoms with van der Waals surface area (Å²) in [6.45, 7) is 8.40. The lowest BCUT2D eigenvalue weighted by molar-refractivity contribution is -0.665. The molecule has 36 heavy (non-hydrogen) atoms. The van der Waals surface area contributed by atoms with Gasteiger partial charge in [0.05, 0.1) is 25.8 Å². The molecule has 1 saturated heterocycles. The van der Waals surface area contributed by atoms with Gasteiger partial charge in [-0.15, -0.1) is 23.1 Å². The minimum absolute atomic E-state index is 0.0120. The fourth-order valence-corrected chi connectivity index (χ4v) is 8.37. The van der Waals surface area contributed by atoms with Crippen LogP contribution in [0.1, 0.15) is 38.6 Å². The summed E-state index contributed by atoms with van der Waals surface area (Å²) in [7, 11) is -4.17. The van der Waals surface area contributed by atoms with Gasteiger partial charge in [-0.25, -0.2) is 8.42 Å². The molecule has 1 aromatic carbocycles. The van der Waals surface area contributed by atoms with E-state index in [1.54, 1.807) is 23.1 Å². The van der Waals surface area contributed by atoms with Crippen LogP contribution in [0, 0.1) is 0 Å². The van der Waals surface area contributed by atoms with Crippen molar-refractivity contribution in [1.82, 2.24) is 9.47 Å². The minimum Gasteiger partial charge on any atom is -0.748 e. The monoisotopic (exact) mass is 565 g/mol. The molecule has 3 aromatic rings. The molecule has 11 heteroatoms. The Morgan fingerprint density at radius 2 is 1.94 bits per heavy atom. The number of allylic oxidation sites excluding steroid dienone is 1. The second-order valence-corrected chi connectivity index (χ2v) is 13.3. The molecule has 1 unspecified atom stereocenters. The second kappa shape index (κ2) is 11.6. The molecule has 194 valence electrons. The smallest absolute Gasteiger partial charge is 0.269 e.